The molecule has 0 saturated heterocycles. The molecule has 0 bridgehead atoms. The molecule has 2 aromatic rings. The van der Waals surface area contributed by atoms with Gasteiger partial charge in [0.2, 0.25) is 21.8 Å². The zero-order valence-corrected chi connectivity index (χ0v) is 22.4. The molecule has 1 fully saturated rings. The number of non-ortho nitro benzene ring substituents is 1. The van der Waals surface area contributed by atoms with Gasteiger partial charge >= 0.3 is 0 Å². The van der Waals surface area contributed by atoms with Gasteiger partial charge in [0, 0.05) is 29.7 Å². The molecule has 0 aromatic heterocycles. The molecule has 200 valence electrons. The highest BCUT2D eigenvalue weighted by atomic mass is 35.5. The van der Waals surface area contributed by atoms with E-state index in [0.29, 0.717) is 10.6 Å². The number of amides is 2. The number of rotatable bonds is 10. The zero-order chi connectivity index (χ0) is 27.2. The summed E-state index contributed by atoms with van der Waals surface area (Å²) in [5.74, 6) is -0.989. The van der Waals surface area contributed by atoms with Crippen LogP contribution in [0.1, 0.15) is 44.6 Å². The van der Waals surface area contributed by atoms with E-state index in [4.69, 9.17) is 11.6 Å². The van der Waals surface area contributed by atoms with Crippen molar-refractivity contribution in [2.24, 2.45) is 0 Å². The number of nitro benzene ring substituents is 1. The summed E-state index contributed by atoms with van der Waals surface area (Å²) in [5.41, 5.74) is 0.255. The van der Waals surface area contributed by atoms with E-state index in [1.807, 2.05) is 0 Å². The van der Waals surface area contributed by atoms with Crippen molar-refractivity contribution in [3.63, 3.8) is 0 Å². The Morgan fingerprint density at radius 2 is 1.81 bits per heavy atom. The molecular formula is C25H31ClN4O6S. The molecule has 2 aromatic carbocycles. The van der Waals surface area contributed by atoms with E-state index in [0.717, 1.165) is 48.7 Å². The molecule has 2 amide bonds. The lowest BCUT2D eigenvalue weighted by Gasteiger charge is -2.33. The summed E-state index contributed by atoms with van der Waals surface area (Å²) >= 11 is 6.33. The van der Waals surface area contributed by atoms with Crippen LogP contribution in [0, 0.1) is 10.1 Å². The fourth-order valence-electron chi connectivity index (χ4n) is 4.34. The maximum absolute atomic E-state index is 13.6. The number of nitrogens with zero attached hydrogens (tertiary/aromatic N) is 3. The minimum atomic E-state index is -4.00. The van der Waals surface area contributed by atoms with Gasteiger partial charge in [0.25, 0.3) is 5.69 Å². The first-order valence-corrected chi connectivity index (χ1v) is 14.3. The van der Waals surface area contributed by atoms with E-state index < -0.39 is 33.4 Å². The van der Waals surface area contributed by atoms with Crippen molar-refractivity contribution in [2.75, 3.05) is 17.1 Å². The number of nitro groups is 1. The molecule has 3 rings (SSSR count). The lowest BCUT2D eigenvalue weighted by Crippen LogP contribution is -2.53. The summed E-state index contributed by atoms with van der Waals surface area (Å²) < 4.78 is 26.1. The summed E-state index contributed by atoms with van der Waals surface area (Å²) in [6.07, 6.45) is 5.81. The highest BCUT2D eigenvalue weighted by Gasteiger charge is 2.31. The van der Waals surface area contributed by atoms with Crippen molar-refractivity contribution in [1.82, 2.24) is 10.2 Å². The first kappa shape index (κ1) is 28.4. The van der Waals surface area contributed by atoms with E-state index in [-0.39, 0.29) is 29.9 Å². The van der Waals surface area contributed by atoms with Crippen LogP contribution in [0.5, 0.6) is 0 Å². The monoisotopic (exact) mass is 550 g/mol. The minimum absolute atomic E-state index is 0.0235. The van der Waals surface area contributed by atoms with Gasteiger partial charge in [-0.05, 0) is 37.5 Å². The van der Waals surface area contributed by atoms with Crippen molar-refractivity contribution in [3.05, 3.63) is 69.2 Å². The SMILES string of the molecule is C[C@@H](C(=O)NC1CCCCC1)N(Cc1ccccc1Cl)C(=O)CN(c1cccc([N+](=O)[O-])c1)S(C)(=O)=O. The molecule has 1 N–H and O–H groups in total. The van der Waals surface area contributed by atoms with Crippen LogP contribution in [0.3, 0.4) is 0 Å². The van der Waals surface area contributed by atoms with Crippen LogP contribution in [-0.4, -0.2) is 54.9 Å². The average Bonchev–Trinajstić information content (AvgIpc) is 2.86. The Labute approximate surface area is 221 Å². The third-order valence-corrected chi connectivity index (χ3v) is 7.93. The van der Waals surface area contributed by atoms with Gasteiger partial charge in [-0.15, -0.1) is 0 Å². The van der Waals surface area contributed by atoms with Crippen LogP contribution >= 0.6 is 11.6 Å². The number of carbonyl (C=O) groups excluding carboxylic acids is 2. The van der Waals surface area contributed by atoms with Gasteiger partial charge in [-0.2, -0.15) is 0 Å². The number of halogens is 1. The van der Waals surface area contributed by atoms with E-state index >= 15 is 0 Å². The van der Waals surface area contributed by atoms with Gasteiger partial charge in [-0.3, -0.25) is 24.0 Å². The summed E-state index contributed by atoms with van der Waals surface area (Å²) in [6.45, 7) is 0.918. The fourth-order valence-corrected chi connectivity index (χ4v) is 5.37. The quantitative estimate of drug-likeness (QED) is 0.353. The van der Waals surface area contributed by atoms with E-state index in [2.05, 4.69) is 5.32 Å². The highest BCUT2D eigenvalue weighted by Crippen LogP contribution is 2.25. The number of anilines is 1. The molecule has 0 radical (unpaired) electrons. The van der Waals surface area contributed by atoms with Crippen LogP contribution < -0.4 is 9.62 Å². The van der Waals surface area contributed by atoms with Crippen molar-refractivity contribution < 1.29 is 22.9 Å². The van der Waals surface area contributed by atoms with Gasteiger partial charge in [0.05, 0.1) is 16.9 Å². The first-order valence-electron chi connectivity index (χ1n) is 12.0. The molecule has 1 aliphatic carbocycles. The summed E-state index contributed by atoms with van der Waals surface area (Å²) in [6, 6.07) is 11.0. The van der Waals surface area contributed by atoms with Crippen LogP contribution in [-0.2, 0) is 26.2 Å². The van der Waals surface area contributed by atoms with Gasteiger partial charge < -0.3 is 10.2 Å². The number of benzene rings is 2. The van der Waals surface area contributed by atoms with Crippen LogP contribution in [0.2, 0.25) is 5.02 Å². The Kier molecular flexibility index (Phi) is 9.50. The molecule has 37 heavy (non-hydrogen) atoms. The van der Waals surface area contributed by atoms with E-state index in [1.165, 1.54) is 23.1 Å². The summed E-state index contributed by atoms with van der Waals surface area (Å²) in [7, 11) is -4.00. The summed E-state index contributed by atoms with van der Waals surface area (Å²) in [4.78, 5) is 38.6. The highest BCUT2D eigenvalue weighted by molar-refractivity contribution is 7.92. The fraction of sp³-hybridized carbons (Fsp3) is 0.440. The Morgan fingerprint density at radius 1 is 1.14 bits per heavy atom. The Bertz CT molecular complexity index is 1250. The molecule has 0 unspecified atom stereocenters. The Morgan fingerprint density at radius 3 is 2.43 bits per heavy atom. The molecule has 1 saturated carbocycles. The molecule has 10 nitrogen and oxygen atoms in total. The predicted octanol–water partition coefficient (Wildman–Crippen LogP) is 3.88. The largest absolute Gasteiger partial charge is 0.352 e. The lowest BCUT2D eigenvalue weighted by molar-refractivity contribution is -0.384. The molecule has 0 spiro atoms. The second-order valence-electron chi connectivity index (χ2n) is 9.18. The van der Waals surface area contributed by atoms with Crippen molar-refractivity contribution >= 4 is 44.8 Å². The molecule has 1 atom stereocenters. The number of nitrogens with one attached hydrogen (secondary N) is 1. The maximum atomic E-state index is 13.6. The van der Waals surface area contributed by atoms with Crippen LogP contribution in [0.25, 0.3) is 0 Å². The number of hydrogen-bond donors (Lipinski definition) is 1. The number of sulfonamides is 1. The van der Waals surface area contributed by atoms with E-state index in [1.54, 1.807) is 31.2 Å². The molecule has 0 aliphatic heterocycles. The third kappa shape index (κ3) is 7.65. The van der Waals surface area contributed by atoms with Crippen LogP contribution in [0.4, 0.5) is 11.4 Å². The molecular weight excluding hydrogens is 520 g/mol. The second kappa shape index (κ2) is 12.4. The number of carbonyl (C=O) groups is 2. The molecule has 12 heteroatoms. The minimum Gasteiger partial charge on any atom is -0.352 e. The van der Waals surface area contributed by atoms with Gasteiger partial charge in [0.1, 0.15) is 12.6 Å². The standard InChI is InChI=1S/C25H31ClN4O6S/c1-18(25(32)27-20-10-4-3-5-11-20)28(16-19-9-6-7-14-23(19)26)24(31)17-29(37(2,35)36)21-12-8-13-22(15-21)30(33)34/h6-9,12-15,18,20H,3-5,10-11,16-17H2,1-2H3,(H,27,32)/t18-/m0/s1. The van der Waals surface area contributed by atoms with Gasteiger partial charge in [-0.1, -0.05) is 55.1 Å². The van der Waals surface area contributed by atoms with Gasteiger partial charge in [-0.25, -0.2) is 8.42 Å². The summed E-state index contributed by atoms with van der Waals surface area (Å²) in [5, 5.41) is 14.6. The van der Waals surface area contributed by atoms with Crippen molar-refractivity contribution in [1.29, 1.82) is 0 Å². The normalized spacial score (nSPS) is 15.0. The smallest absolute Gasteiger partial charge is 0.271 e. The average molecular weight is 551 g/mol. The second-order valence-corrected chi connectivity index (χ2v) is 11.5. The van der Waals surface area contributed by atoms with Crippen molar-refractivity contribution in [3.8, 4) is 0 Å². The van der Waals surface area contributed by atoms with E-state index in [9.17, 15) is 28.1 Å². The number of hydrogen-bond acceptors (Lipinski definition) is 6. The van der Waals surface area contributed by atoms with Crippen LogP contribution in [0.15, 0.2) is 48.5 Å². The Hall–Kier alpha value is -3.18. The molecule has 0 heterocycles. The first-order chi connectivity index (χ1) is 17.5. The third-order valence-electron chi connectivity index (χ3n) is 6.43. The lowest BCUT2D eigenvalue weighted by atomic mass is 9.95. The predicted molar refractivity (Wildman–Crippen MR) is 142 cm³/mol. The zero-order valence-electron chi connectivity index (χ0n) is 20.8. The van der Waals surface area contributed by atoms with Crippen molar-refractivity contribution in [2.45, 2.75) is 57.7 Å². The molecule has 1 aliphatic rings. The topological polar surface area (TPSA) is 130 Å². The van der Waals surface area contributed by atoms with Gasteiger partial charge in [0.15, 0.2) is 0 Å². The Balaban J connectivity index is 1.91. The maximum Gasteiger partial charge on any atom is 0.271 e.